The molecule has 0 N–H and O–H groups in total. The van der Waals surface area contributed by atoms with Crippen LogP contribution in [0.3, 0.4) is 0 Å². The van der Waals surface area contributed by atoms with Gasteiger partial charge in [-0.25, -0.2) is 0 Å². The van der Waals surface area contributed by atoms with Gasteiger partial charge in [0.05, 0.1) is 6.61 Å². The Bertz CT molecular complexity index is 367. The van der Waals surface area contributed by atoms with Crippen LogP contribution in [0.1, 0.15) is 18.9 Å². The minimum absolute atomic E-state index is 0.0445. The summed E-state index contributed by atoms with van der Waals surface area (Å²) < 4.78 is 11.0. The van der Waals surface area contributed by atoms with Gasteiger partial charge in [0.15, 0.2) is 0 Å². The first-order valence-corrected chi connectivity index (χ1v) is 5.68. The van der Waals surface area contributed by atoms with E-state index in [0.29, 0.717) is 6.61 Å². The van der Waals surface area contributed by atoms with Crippen LogP contribution in [0, 0.1) is 0 Å². The summed E-state index contributed by atoms with van der Waals surface area (Å²) >= 11 is 0. The Morgan fingerprint density at radius 2 is 2.38 bits per heavy atom. The molecular formula is C14H18O2. The van der Waals surface area contributed by atoms with Gasteiger partial charge < -0.3 is 9.47 Å². The molecule has 1 atom stereocenters. The first-order valence-electron chi connectivity index (χ1n) is 5.68. The van der Waals surface area contributed by atoms with E-state index in [4.69, 9.17) is 9.47 Å². The Labute approximate surface area is 96.9 Å². The number of allylic oxidation sites excluding steroid dienone is 1. The van der Waals surface area contributed by atoms with Crippen molar-refractivity contribution in [3.05, 3.63) is 42.5 Å². The lowest BCUT2D eigenvalue weighted by molar-refractivity contribution is 0.202. The molecule has 1 aromatic carbocycles. The molecule has 0 spiro atoms. The lowest BCUT2D eigenvalue weighted by atomic mass is 10.1. The highest BCUT2D eigenvalue weighted by Gasteiger charge is 2.40. The number of hydrogen-bond donors (Lipinski definition) is 0. The van der Waals surface area contributed by atoms with E-state index in [-0.39, 0.29) is 5.60 Å². The number of benzene rings is 1. The monoisotopic (exact) mass is 218 g/mol. The van der Waals surface area contributed by atoms with Gasteiger partial charge in [0, 0.05) is 0 Å². The van der Waals surface area contributed by atoms with E-state index in [1.807, 2.05) is 18.2 Å². The van der Waals surface area contributed by atoms with Crippen molar-refractivity contribution >= 4 is 0 Å². The SMILES string of the molecule is C=CCCc1cccc(OCC2(C)CO2)c1. The molecule has 2 rings (SSSR count). The molecule has 0 aliphatic carbocycles. The summed E-state index contributed by atoms with van der Waals surface area (Å²) in [6, 6.07) is 8.23. The van der Waals surface area contributed by atoms with E-state index in [2.05, 4.69) is 25.6 Å². The van der Waals surface area contributed by atoms with Crippen LogP contribution in [0.4, 0.5) is 0 Å². The third-order valence-electron chi connectivity index (χ3n) is 2.72. The fraction of sp³-hybridized carbons (Fsp3) is 0.429. The molecule has 86 valence electrons. The van der Waals surface area contributed by atoms with Crippen molar-refractivity contribution in [2.24, 2.45) is 0 Å². The lowest BCUT2D eigenvalue weighted by Gasteiger charge is -2.09. The van der Waals surface area contributed by atoms with Crippen LogP contribution >= 0.6 is 0 Å². The van der Waals surface area contributed by atoms with E-state index in [1.54, 1.807) is 0 Å². The van der Waals surface area contributed by atoms with Crippen molar-refractivity contribution in [1.82, 2.24) is 0 Å². The van der Waals surface area contributed by atoms with E-state index in [1.165, 1.54) is 5.56 Å². The Morgan fingerprint density at radius 1 is 1.56 bits per heavy atom. The highest BCUT2D eigenvalue weighted by molar-refractivity contribution is 5.29. The van der Waals surface area contributed by atoms with Crippen LogP contribution in [-0.2, 0) is 11.2 Å². The van der Waals surface area contributed by atoms with Gasteiger partial charge in [-0.3, -0.25) is 0 Å². The second-order valence-corrected chi connectivity index (χ2v) is 4.50. The van der Waals surface area contributed by atoms with Crippen LogP contribution in [0.15, 0.2) is 36.9 Å². The van der Waals surface area contributed by atoms with E-state index >= 15 is 0 Å². The molecule has 2 nitrogen and oxygen atoms in total. The highest BCUT2D eigenvalue weighted by atomic mass is 16.6. The maximum absolute atomic E-state index is 5.70. The van der Waals surface area contributed by atoms with E-state index in [9.17, 15) is 0 Å². The summed E-state index contributed by atoms with van der Waals surface area (Å²) in [5.41, 5.74) is 1.25. The summed E-state index contributed by atoms with van der Waals surface area (Å²) in [6.45, 7) is 7.24. The van der Waals surface area contributed by atoms with Gasteiger partial charge in [0.1, 0.15) is 18.0 Å². The minimum Gasteiger partial charge on any atom is -0.490 e. The molecule has 1 fully saturated rings. The molecule has 1 saturated heterocycles. The third-order valence-corrected chi connectivity index (χ3v) is 2.72. The number of rotatable bonds is 6. The highest BCUT2D eigenvalue weighted by Crippen LogP contribution is 2.27. The predicted octanol–water partition coefficient (Wildman–Crippen LogP) is 2.97. The Hall–Kier alpha value is -1.28. The maximum atomic E-state index is 5.70. The van der Waals surface area contributed by atoms with Crippen molar-refractivity contribution in [3.63, 3.8) is 0 Å². The molecule has 1 aromatic rings. The zero-order valence-corrected chi connectivity index (χ0v) is 9.74. The van der Waals surface area contributed by atoms with Crippen LogP contribution < -0.4 is 4.74 Å². The third kappa shape index (κ3) is 3.11. The zero-order chi connectivity index (χ0) is 11.4. The number of aryl methyl sites for hydroxylation is 1. The molecular weight excluding hydrogens is 200 g/mol. The average Bonchev–Trinajstić information content (AvgIpc) is 3.03. The van der Waals surface area contributed by atoms with Crippen molar-refractivity contribution in [2.45, 2.75) is 25.4 Å². The summed E-state index contributed by atoms with van der Waals surface area (Å²) in [7, 11) is 0. The predicted molar refractivity (Wildman–Crippen MR) is 64.8 cm³/mol. The molecule has 1 heterocycles. The minimum atomic E-state index is -0.0445. The molecule has 16 heavy (non-hydrogen) atoms. The molecule has 2 heteroatoms. The molecule has 0 radical (unpaired) electrons. The summed E-state index contributed by atoms with van der Waals surface area (Å²) in [5, 5.41) is 0. The molecule has 1 aliphatic heterocycles. The average molecular weight is 218 g/mol. The normalized spacial score (nSPS) is 22.8. The number of hydrogen-bond acceptors (Lipinski definition) is 2. The molecule has 0 bridgehead atoms. The van der Waals surface area contributed by atoms with Crippen molar-refractivity contribution in [3.8, 4) is 5.75 Å². The van der Waals surface area contributed by atoms with Gasteiger partial charge in [-0.15, -0.1) is 6.58 Å². The smallest absolute Gasteiger partial charge is 0.123 e. The van der Waals surface area contributed by atoms with Crippen molar-refractivity contribution < 1.29 is 9.47 Å². The second kappa shape index (κ2) is 4.71. The Morgan fingerprint density at radius 3 is 3.06 bits per heavy atom. The largest absolute Gasteiger partial charge is 0.490 e. The Kier molecular flexibility index (Phi) is 3.30. The van der Waals surface area contributed by atoms with E-state index in [0.717, 1.165) is 25.2 Å². The maximum Gasteiger partial charge on any atom is 0.123 e. The van der Waals surface area contributed by atoms with Gasteiger partial charge in [-0.05, 0) is 37.5 Å². The second-order valence-electron chi connectivity index (χ2n) is 4.50. The van der Waals surface area contributed by atoms with E-state index < -0.39 is 0 Å². The fourth-order valence-electron chi connectivity index (χ4n) is 1.50. The molecule has 0 aromatic heterocycles. The van der Waals surface area contributed by atoms with Crippen LogP contribution in [0.5, 0.6) is 5.75 Å². The topological polar surface area (TPSA) is 21.8 Å². The van der Waals surface area contributed by atoms with Gasteiger partial charge >= 0.3 is 0 Å². The molecule has 1 aliphatic rings. The molecule has 0 saturated carbocycles. The molecule has 1 unspecified atom stereocenters. The van der Waals surface area contributed by atoms with Crippen molar-refractivity contribution in [2.75, 3.05) is 13.2 Å². The first kappa shape index (κ1) is 11.2. The van der Waals surface area contributed by atoms with Crippen LogP contribution in [-0.4, -0.2) is 18.8 Å². The van der Waals surface area contributed by atoms with Gasteiger partial charge in [0.25, 0.3) is 0 Å². The zero-order valence-electron chi connectivity index (χ0n) is 9.74. The summed E-state index contributed by atoms with van der Waals surface area (Å²) in [4.78, 5) is 0. The van der Waals surface area contributed by atoms with Gasteiger partial charge in [0.2, 0.25) is 0 Å². The van der Waals surface area contributed by atoms with Crippen LogP contribution in [0.25, 0.3) is 0 Å². The number of epoxide rings is 1. The number of ether oxygens (including phenoxy) is 2. The first-order chi connectivity index (χ1) is 7.72. The van der Waals surface area contributed by atoms with Crippen LogP contribution in [0.2, 0.25) is 0 Å². The quantitative estimate of drug-likeness (QED) is 0.541. The summed E-state index contributed by atoms with van der Waals surface area (Å²) in [5.74, 6) is 0.929. The Balaban J connectivity index is 1.90. The van der Waals surface area contributed by atoms with Crippen molar-refractivity contribution in [1.29, 1.82) is 0 Å². The standard InChI is InChI=1S/C14H18O2/c1-3-4-6-12-7-5-8-13(9-12)15-10-14(2)11-16-14/h3,5,7-9H,1,4,6,10-11H2,2H3. The summed E-state index contributed by atoms with van der Waals surface area (Å²) in [6.07, 6.45) is 3.96. The fourth-order valence-corrected chi connectivity index (χ4v) is 1.50. The lowest BCUT2D eigenvalue weighted by Crippen LogP contribution is -2.16. The molecule has 0 amide bonds. The van der Waals surface area contributed by atoms with Gasteiger partial charge in [-0.1, -0.05) is 18.2 Å². The van der Waals surface area contributed by atoms with Gasteiger partial charge in [-0.2, -0.15) is 0 Å².